The smallest absolute Gasteiger partial charge is 0.226 e. The second-order valence-corrected chi connectivity index (χ2v) is 7.64. The minimum Gasteiger partial charge on any atom is -0.379 e. The van der Waals surface area contributed by atoms with Crippen LogP contribution >= 0.6 is 0 Å². The van der Waals surface area contributed by atoms with Gasteiger partial charge in [0.25, 0.3) is 0 Å². The summed E-state index contributed by atoms with van der Waals surface area (Å²) in [6.07, 6.45) is 6.99. The maximum absolute atomic E-state index is 13.0. The van der Waals surface area contributed by atoms with E-state index in [-0.39, 0.29) is 17.7 Å². The Kier molecular flexibility index (Phi) is 4.81. The van der Waals surface area contributed by atoms with Gasteiger partial charge in [0.2, 0.25) is 11.8 Å². The molecule has 2 amide bonds. The van der Waals surface area contributed by atoms with Crippen LogP contribution in [-0.4, -0.2) is 53.5 Å². The molecule has 0 bridgehead atoms. The van der Waals surface area contributed by atoms with Gasteiger partial charge in [-0.2, -0.15) is 0 Å². The number of hydrogen-bond donors (Lipinski definition) is 0. The van der Waals surface area contributed by atoms with E-state index in [4.69, 9.17) is 4.74 Å². The molecule has 2 aliphatic heterocycles. The van der Waals surface area contributed by atoms with Crippen LogP contribution in [0.4, 0.5) is 0 Å². The van der Waals surface area contributed by atoms with Crippen molar-refractivity contribution in [3.05, 3.63) is 48.0 Å². The average Bonchev–Trinajstić information content (AvgIpc) is 3.33. The zero-order valence-corrected chi connectivity index (χ0v) is 15.1. The van der Waals surface area contributed by atoms with Crippen molar-refractivity contribution in [2.24, 2.45) is 5.92 Å². The van der Waals surface area contributed by atoms with Gasteiger partial charge in [-0.25, -0.2) is 0 Å². The molecule has 2 fully saturated rings. The van der Waals surface area contributed by atoms with E-state index in [2.05, 4.69) is 24.3 Å². The van der Waals surface area contributed by atoms with E-state index in [1.165, 1.54) is 0 Å². The highest BCUT2D eigenvalue weighted by atomic mass is 16.5. The summed E-state index contributed by atoms with van der Waals surface area (Å²) in [5.41, 5.74) is 0.720. The van der Waals surface area contributed by atoms with Gasteiger partial charge in [-0.05, 0) is 24.8 Å². The number of rotatable bonds is 3. The standard InChI is InChI=1S/C21H26N2O3/c24-19-10-12-22(20(25)18-8-4-5-9-18)15-21(11-13-26-16-21)23(19)14-17-6-2-1-3-7-17/h1-7,18H,8-16H2. The highest BCUT2D eigenvalue weighted by molar-refractivity contribution is 5.83. The third-order valence-corrected chi connectivity index (χ3v) is 5.89. The van der Waals surface area contributed by atoms with Crippen molar-refractivity contribution >= 4 is 11.8 Å². The molecule has 1 aromatic rings. The van der Waals surface area contributed by atoms with E-state index >= 15 is 0 Å². The lowest BCUT2D eigenvalue weighted by molar-refractivity contribution is -0.139. The largest absolute Gasteiger partial charge is 0.379 e. The predicted molar refractivity (Wildman–Crippen MR) is 98.2 cm³/mol. The third kappa shape index (κ3) is 3.28. The minimum absolute atomic E-state index is 0.0464. The maximum Gasteiger partial charge on any atom is 0.226 e. The summed E-state index contributed by atoms with van der Waals surface area (Å²) in [5.74, 6) is 0.361. The Morgan fingerprint density at radius 2 is 1.96 bits per heavy atom. The summed E-state index contributed by atoms with van der Waals surface area (Å²) in [4.78, 5) is 29.9. The third-order valence-electron chi connectivity index (χ3n) is 5.89. The van der Waals surface area contributed by atoms with E-state index in [0.29, 0.717) is 39.3 Å². The number of benzene rings is 1. The Hall–Kier alpha value is -2.14. The molecular formula is C21H26N2O3. The van der Waals surface area contributed by atoms with Crippen molar-refractivity contribution in [1.82, 2.24) is 9.80 Å². The van der Waals surface area contributed by atoms with Gasteiger partial charge < -0.3 is 14.5 Å². The topological polar surface area (TPSA) is 49.9 Å². The minimum atomic E-state index is -0.398. The fraction of sp³-hybridized carbons (Fsp3) is 0.524. The van der Waals surface area contributed by atoms with Gasteiger partial charge in [-0.1, -0.05) is 42.5 Å². The van der Waals surface area contributed by atoms with Gasteiger partial charge in [0.05, 0.1) is 12.1 Å². The second-order valence-electron chi connectivity index (χ2n) is 7.64. The fourth-order valence-corrected chi connectivity index (χ4v) is 4.37. The molecule has 0 aromatic heterocycles. The number of hydrogen-bond acceptors (Lipinski definition) is 3. The fourth-order valence-electron chi connectivity index (χ4n) is 4.37. The summed E-state index contributed by atoms with van der Waals surface area (Å²) < 4.78 is 5.72. The molecule has 1 spiro atoms. The lowest BCUT2D eigenvalue weighted by Crippen LogP contribution is -2.56. The Morgan fingerprint density at radius 3 is 2.65 bits per heavy atom. The molecule has 0 saturated carbocycles. The summed E-state index contributed by atoms with van der Waals surface area (Å²) >= 11 is 0. The van der Waals surface area contributed by atoms with Gasteiger partial charge in [0.15, 0.2) is 0 Å². The number of ether oxygens (including phenoxy) is 1. The Balaban J connectivity index is 1.58. The molecule has 3 aliphatic rings. The molecule has 2 heterocycles. The normalized spacial score (nSPS) is 26.7. The second kappa shape index (κ2) is 7.23. The first-order valence-corrected chi connectivity index (χ1v) is 9.54. The van der Waals surface area contributed by atoms with Crippen LogP contribution in [-0.2, 0) is 20.9 Å². The first-order valence-electron chi connectivity index (χ1n) is 9.54. The number of amides is 2. The Bertz CT molecular complexity index is 686. The average molecular weight is 354 g/mol. The molecule has 1 unspecified atom stereocenters. The molecule has 4 rings (SSSR count). The monoisotopic (exact) mass is 354 g/mol. The molecule has 1 aliphatic carbocycles. The van der Waals surface area contributed by atoms with Gasteiger partial charge in [-0.15, -0.1) is 0 Å². The Morgan fingerprint density at radius 1 is 1.19 bits per heavy atom. The summed E-state index contributed by atoms with van der Waals surface area (Å²) in [7, 11) is 0. The van der Waals surface area contributed by atoms with Crippen LogP contribution in [0.25, 0.3) is 0 Å². The molecule has 2 saturated heterocycles. The zero-order chi connectivity index (χ0) is 18.0. The van der Waals surface area contributed by atoms with E-state index in [1.54, 1.807) is 0 Å². The SMILES string of the molecule is O=C(C1CC=CC1)N1CCC(=O)N(Cc2ccccc2)C2(CCOC2)C1. The maximum atomic E-state index is 13.0. The molecule has 1 atom stereocenters. The van der Waals surface area contributed by atoms with Crippen molar-refractivity contribution < 1.29 is 14.3 Å². The molecular weight excluding hydrogens is 328 g/mol. The molecule has 5 heteroatoms. The van der Waals surface area contributed by atoms with Crippen molar-refractivity contribution in [2.45, 2.75) is 37.8 Å². The summed E-state index contributed by atoms with van der Waals surface area (Å²) in [6.45, 7) is 2.84. The predicted octanol–water partition coefficient (Wildman–Crippen LogP) is 2.37. The van der Waals surface area contributed by atoms with Crippen LogP contribution in [0.3, 0.4) is 0 Å². The van der Waals surface area contributed by atoms with E-state index in [0.717, 1.165) is 24.8 Å². The number of carbonyl (C=O) groups is 2. The number of nitrogens with zero attached hydrogens (tertiary/aromatic N) is 2. The molecule has 5 nitrogen and oxygen atoms in total. The van der Waals surface area contributed by atoms with E-state index in [9.17, 15) is 9.59 Å². The van der Waals surface area contributed by atoms with Gasteiger partial charge in [0.1, 0.15) is 0 Å². The quantitative estimate of drug-likeness (QED) is 0.783. The van der Waals surface area contributed by atoms with E-state index in [1.807, 2.05) is 28.0 Å². The highest BCUT2D eigenvalue weighted by Gasteiger charge is 2.47. The molecule has 0 radical (unpaired) electrons. The van der Waals surface area contributed by atoms with Crippen molar-refractivity contribution in [3.63, 3.8) is 0 Å². The van der Waals surface area contributed by atoms with Crippen LogP contribution in [0.1, 0.15) is 31.2 Å². The van der Waals surface area contributed by atoms with Crippen LogP contribution in [0.2, 0.25) is 0 Å². The van der Waals surface area contributed by atoms with Crippen LogP contribution < -0.4 is 0 Å². The van der Waals surface area contributed by atoms with E-state index < -0.39 is 5.54 Å². The lowest BCUT2D eigenvalue weighted by Gasteiger charge is -2.41. The summed E-state index contributed by atoms with van der Waals surface area (Å²) in [5, 5.41) is 0. The van der Waals surface area contributed by atoms with Crippen LogP contribution in [0, 0.1) is 5.92 Å². The molecule has 0 N–H and O–H groups in total. The molecule has 26 heavy (non-hydrogen) atoms. The zero-order valence-electron chi connectivity index (χ0n) is 15.1. The van der Waals surface area contributed by atoms with Crippen molar-refractivity contribution in [1.29, 1.82) is 0 Å². The van der Waals surface area contributed by atoms with Gasteiger partial charge >= 0.3 is 0 Å². The van der Waals surface area contributed by atoms with Crippen molar-refractivity contribution in [3.8, 4) is 0 Å². The van der Waals surface area contributed by atoms with Gasteiger partial charge in [-0.3, -0.25) is 9.59 Å². The van der Waals surface area contributed by atoms with Gasteiger partial charge in [0, 0.05) is 38.6 Å². The van der Waals surface area contributed by atoms with Crippen LogP contribution in [0.5, 0.6) is 0 Å². The molecule has 138 valence electrons. The first-order chi connectivity index (χ1) is 12.7. The van der Waals surface area contributed by atoms with Crippen molar-refractivity contribution in [2.75, 3.05) is 26.3 Å². The molecule has 1 aromatic carbocycles. The highest BCUT2D eigenvalue weighted by Crippen LogP contribution is 2.33. The Labute approximate surface area is 154 Å². The first kappa shape index (κ1) is 17.3. The summed E-state index contributed by atoms with van der Waals surface area (Å²) in [6, 6.07) is 10.1. The number of allylic oxidation sites excluding steroid dienone is 2. The lowest BCUT2D eigenvalue weighted by atomic mass is 9.94. The number of carbonyl (C=O) groups excluding carboxylic acids is 2. The van der Waals surface area contributed by atoms with Crippen LogP contribution in [0.15, 0.2) is 42.5 Å².